The van der Waals surface area contributed by atoms with Gasteiger partial charge in [-0.1, -0.05) is 24.3 Å². The van der Waals surface area contributed by atoms with Crippen molar-refractivity contribution in [3.63, 3.8) is 0 Å². The number of allylic oxidation sites excluding steroid dienone is 1. The van der Waals surface area contributed by atoms with Crippen molar-refractivity contribution < 1.29 is 9.90 Å². The minimum Gasteiger partial charge on any atom is -0.384 e. The van der Waals surface area contributed by atoms with E-state index in [2.05, 4.69) is 0 Å². The molecule has 0 aliphatic heterocycles. The van der Waals surface area contributed by atoms with Crippen LogP contribution in [0.15, 0.2) is 35.9 Å². The molecule has 1 N–H and O–H groups in total. The van der Waals surface area contributed by atoms with Crippen LogP contribution in [0.25, 0.3) is 0 Å². The third-order valence-electron chi connectivity index (χ3n) is 2.31. The van der Waals surface area contributed by atoms with Gasteiger partial charge in [0.05, 0.1) is 0 Å². The van der Waals surface area contributed by atoms with Crippen molar-refractivity contribution in [3.05, 3.63) is 47.0 Å². The summed E-state index contributed by atoms with van der Waals surface area (Å²) in [6.07, 6.45) is 0.876. The van der Waals surface area contributed by atoms with Gasteiger partial charge in [-0.3, -0.25) is 4.79 Å². The number of aliphatic hydroxyl groups is 1. The molecule has 0 saturated heterocycles. The van der Waals surface area contributed by atoms with Crippen LogP contribution in [-0.4, -0.2) is 10.9 Å². The number of ketones is 1. The molecule has 1 aromatic carbocycles. The molecule has 1 unspecified atom stereocenters. The largest absolute Gasteiger partial charge is 0.384 e. The third kappa shape index (κ3) is 1.19. The van der Waals surface area contributed by atoms with Gasteiger partial charge in [0.2, 0.25) is 0 Å². The first-order valence-corrected chi connectivity index (χ1v) is 4.19. The Hall–Kier alpha value is -1.41. The zero-order valence-electron chi connectivity index (χ0n) is 7.32. The van der Waals surface area contributed by atoms with Crippen LogP contribution in [-0.2, 0) is 0 Å². The van der Waals surface area contributed by atoms with Crippen LogP contribution < -0.4 is 0 Å². The van der Waals surface area contributed by atoms with Crippen LogP contribution in [0.3, 0.4) is 0 Å². The summed E-state index contributed by atoms with van der Waals surface area (Å²) in [5.74, 6) is -0.0154. The standard InChI is InChI=1S/C11H10O2/c1-7-6-10(12)8-4-2-3-5-9(8)11(7)13/h2-6,11,13H,1H3. The fourth-order valence-corrected chi connectivity index (χ4v) is 1.57. The Bertz CT molecular complexity index is 391. The first-order valence-electron chi connectivity index (χ1n) is 4.19. The fourth-order valence-electron chi connectivity index (χ4n) is 1.57. The van der Waals surface area contributed by atoms with Gasteiger partial charge in [0, 0.05) is 5.56 Å². The number of hydrogen-bond acceptors (Lipinski definition) is 2. The Labute approximate surface area is 76.5 Å². The summed E-state index contributed by atoms with van der Waals surface area (Å²) in [5.41, 5.74) is 2.04. The molecular formula is C11H10O2. The van der Waals surface area contributed by atoms with Crippen molar-refractivity contribution in [2.75, 3.05) is 0 Å². The molecule has 2 heteroatoms. The molecule has 0 fully saturated rings. The van der Waals surface area contributed by atoms with Crippen molar-refractivity contribution >= 4 is 5.78 Å². The van der Waals surface area contributed by atoms with E-state index in [-0.39, 0.29) is 5.78 Å². The Morgan fingerprint density at radius 3 is 2.77 bits per heavy atom. The first-order chi connectivity index (χ1) is 6.20. The summed E-state index contributed by atoms with van der Waals surface area (Å²) in [5, 5.41) is 9.73. The Balaban J connectivity index is 2.62. The molecule has 2 nitrogen and oxygen atoms in total. The number of carbonyl (C=O) groups excluding carboxylic acids is 1. The third-order valence-corrected chi connectivity index (χ3v) is 2.31. The minimum atomic E-state index is -0.617. The zero-order valence-corrected chi connectivity index (χ0v) is 7.32. The number of carbonyl (C=O) groups is 1. The van der Waals surface area contributed by atoms with Crippen LogP contribution in [0.2, 0.25) is 0 Å². The summed E-state index contributed by atoms with van der Waals surface area (Å²) in [4.78, 5) is 11.5. The lowest BCUT2D eigenvalue weighted by molar-refractivity contribution is 0.102. The normalized spacial score (nSPS) is 20.9. The maximum atomic E-state index is 11.5. The van der Waals surface area contributed by atoms with Gasteiger partial charge in [-0.25, -0.2) is 0 Å². The van der Waals surface area contributed by atoms with Gasteiger partial charge in [0.15, 0.2) is 5.78 Å². The molecule has 0 heterocycles. The van der Waals surface area contributed by atoms with E-state index < -0.39 is 6.10 Å². The average Bonchev–Trinajstić information content (AvgIpc) is 2.15. The number of fused-ring (bicyclic) bond motifs is 1. The van der Waals surface area contributed by atoms with E-state index in [1.165, 1.54) is 6.08 Å². The minimum absolute atomic E-state index is 0.0154. The average molecular weight is 174 g/mol. The van der Waals surface area contributed by atoms with Gasteiger partial charge in [-0.05, 0) is 24.1 Å². The smallest absolute Gasteiger partial charge is 0.186 e. The number of rotatable bonds is 0. The van der Waals surface area contributed by atoms with Crippen LogP contribution in [0.4, 0.5) is 0 Å². The number of benzene rings is 1. The summed E-state index contributed by atoms with van der Waals surface area (Å²) < 4.78 is 0. The molecular weight excluding hydrogens is 164 g/mol. The maximum absolute atomic E-state index is 11.5. The molecule has 0 radical (unpaired) electrons. The molecule has 66 valence electrons. The quantitative estimate of drug-likeness (QED) is 0.651. The van der Waals surface area contributed by atoms with Crippen molar-refractivity contribution in [1.82, 2.24) is 0 Å². The topological polar surface area (TPSA) is 37.3 Å². The molecule has 1 aromatic rings. The Morgan fingerprint density at radius 1 is 1.31 bits per heavy atom. The van der Waals surface area contributed by atoms with E-state index in [0.717, 1.165) is 0 Å². The summed E-state index contributed by atoms with van der Waals surface area (Å²) in [7, 11) is 0. The molecule has 13 heavy (non-hydrogen) atoms. The van der Waals surface area contributed by atoms with Crippen molar-refractivity contribution in [2.24, 2.45) is 0 Å². The molecule has 2 rings (SSSR count). The number of aliphatic hydroxyl groups excluding tert-OH is 1. The van der Waals surface area contributed by atoms with E-state index >= 15 is 0 Å². The molecule has 0 spiro atoms. The lowest BCUT2D eigenvalue weighted by Crippen LogP contribution is -2.13. The van der Waals surface area contributed by atoms with Crippen molar-refractivity contribution in [1.29, 1.82) is 0 Å². The van der Waals surface area contributed by atoms with Gasteiger partial charge in [0.1, 0.15) is 6.10 Å². The van der Waals surface area contributed by atoms with Gasteiger partial charge in [-0.2, -0.15) is 0 Å². The van der Waals surface area contributed by atoms with E-state index in [1.807, 2.05) is 6.07 Å². The molecule has 1 atom stereocenters. The molecule has 0 aromatic heterocycles. The van der Waals surface area contributed by atoms with Gasteiger partial charge >= 0.3 is 0 Å². The molecule has 1 aliphatic carbocycles. The lowest BCUT2D eigenvalue weighted by atomic mass is 9.89. The molecule has 0 bridgehead atoms. The van der Waals surface area contributed by atoms with Crippen LogP contribution in [0, 0.1) is 0 Å². The fraction of sp³-hybridized carbons (Fsp3) is 0.182. The van der Waals surface area contributed by atoms with Crippen molar-refractivity contribution in [2.45, 2.75) is 13.0 Å². The summed E-state index contributed by atoms with van der Waals surface area (Å²) in [6, 6.07) is 7.16. The van der Waals surface area contributed by atoms with Gasteiger partial charge < -0.3 is 5.11 Å². The molecule has 0 amide bonds. The second kappa shape index (κ2) is 2.82. The SMILES string of the molecule is CC1=CC(=O)c2ccccc2C1O. The maximum Gasteiger partial charge on any atom is 0.186 e. The molecule has 1 aliphatic rings. The predicted octanol–water partition coefficient (Wildman–Crippen LogP) is 1.86. The highest BCUT2D eigenvalue weighted by Crippen LogP contribution is 2.29. The van der Waals surface area contributed by atoms with Crippen LogP contribution in [0.5, 0.6) is 0 Å². The monoisotopic (exact) mass is 174 g/mol. The second-order valence-electron chi connectivity index (χ2n) is 3.24. The number of hydrogen-bond donors (Lipinski definition) is 1. The van der Waals surface area contributed by atoms with Gasteiger partial charge in [-0.15, -0.1) is 0 Å². The van der Waals surface area contributed by atoms with Gasteiger partial charge in [0.25, 0.3) is 0 Å². The van der Waals surface area contributed by atoms with Crippen LogP contribution in [0.1, 0.15) is 28.9 Å². The lowest BCUT2D eigenvalue weighted by Gasteiger charge is -2.19. The highest BCUT2D eigenvalue weighted by atomic mass is 16.3. The Kier molecular flexibility index (Phi) is 1.78. The van der Waals surface area contributed by atoms with Crippen LogP contribution >= 0.6 is 0 Å². The molecule has 0 saturated carbocycles. The first kappa shape index (κ1) is 8.20. The highest BCUT2D eigenvalue weighted by molar-refractivity contribution is 6.07. The van der Waals surface area contributed by atoms with E-state index in [0.29, 0.717) is 16.7 Å². The summed E-state index contributed by atoms with van der Waals surface area (Å²) >= 11 is 0. The highest BCUT2D eigenvalue weighted by Gasteiger charge is 2.22. The zero-order chi connectivity index (χ0) is 9.42. The van der Waals surface area contributed by atoms with E-state index in [1.54, 1.807) is 25.1 Å². The Morgan fingerprint density at radius 2 is 2.00 bits per heavy atom. The van der Waals surface area contributed by atoms with Crippen molar-refractivity contribution in [3.8, 4) is 0 Å². The predicted molar refractivity (Wildman–Crippen MR) is 49.5 cm³/mol. The summed E-state index contributed by atoms with van der Waals surface area (Å²) in [6.45, 7) is 1.76. The second-order valence-corrected chi connectivity index (χ2v) is 3.24. The van der Waals surface area contributed by atoms with E-state index in [4.69, 9.17) is 0 Å². The van der Waals surface area contributed by atoms with E-state index in [9.17, 15) is 9.90 Å².